The summed E-state index contributed by atoms with van der Waals surface area (Å²) in [5.41, 5.74) is 2.25. The van der Waals surface area contributed by atoms with E-state index in [1.54, 1.807) is 42.5 Å². The Labute approximate surface area is 194 Å². The number of hydroxylamine groups is 1. The summed E-state index contributed by atoms with van der Waals surface area (Å²) in [6.07, 6.45) is -1.06. The van der Waals surface area contributed by atoms with Crippen molar-refractivity contribution in [1.82, 2.24) is 0 Å². The molecule has 0 bridgehead atoms. The van der Waals surface area contributed by atoms with Gasteiger partial charge < -0.3 is 0 Å². The second-order valence-electron chi connectivity index (χ2n) is 7.97. The highest BCUT2D eigenvalue weighted by Crippen LogP contribution is 2.48. The lowest BCUT2D eigenvalue weighted by molar-refractivity contribution is -0.384. The summed E-state index contributed by atoms with van der Waals surface area (Å²) in [6, 6.07) is 19.7. The first-order chi connectivity index (χ1) is 15.9. The number of carbonyl (C=O) groups excluding carboxylic acids is 2. The van der Waals surface area contributed by atoms with Crippen molar-refractivity contribution in [2.24, 2.45) is 5.92 Å². The van der Waals surface area contributed by atoms with Crippen LogP contribution in [0.2, 0.25) is 5.02 Å². The average molecular weight is 464 g/mol. The van der Waals surface area contributed by atoms with Gasteiger partial charge in [0.1, 0.15) is 10.9 Å². The van der Waals surface area contributed by atoms with Crippen molar-refractivity contribution >= 4 is 40.5 Å². The van der Waals surface area contributed by atoms with Gasteiger partial charge in [-0.15, -0.1) is 0 Å². The Bertz CT molecular complexity index is 1260. The summed E-state index contributed by atoms with van der Waals surface area (Å²) in [6.45, 7) is 1.91. The van der Waals surface area contributed by atoms with Crippen molar-refractivity contribution in [3.8, 4) is 0 Å². The Morgan fingerprint density at radius 2 is 1.64 bits per heavy atom. The topological polar surface area (TPSA) is 93.0 Å². The highest BCUT2D eigenvalue weighted by atomic mass is 35.5. The Morgan fingerprint density at radius 1 is 0.939 bits per heavy atom. The number of hydrogen-bond acceptors (Lipinski definition) is 6. The molecule has 2 aliphatic heterocycles. The highest BCUT2D eigenvalue weighted by molar-refractivity contribution is 6.32. The van der Waals surface area contributed by atoms with Gasteiger partial charge in [0.05, 0.1) is 22.3 Å². The first-order valence-corrected chi connectivity index (χ1v) is 10.6. The summed E-state index contributed by atoms with van der Waals surface area (Å²) in [5.74, 6) is -1.78. The van der Waals surface area contributed by atoms with Crippen LogP contribution in [0.3, 0.4) is 0 Å². The fourth-order valence-electron chi connectivity index (χ4n) is 4.35. The predicted octanol–water partition coefficient (Wildman–Crippen LogP) is 4.61. The van der Waals surface area contributed by atoms with Crippen LogP contribution in [0.15, 0.2) is 72.8 Å². The molecule has 0 aliphatic carbocycles. The van der Waals surface area contributed by atoms with E-state index in [9.17, 15) is 19.7 Å². The van der Waals surface area contributed by atoms with Crippen LogP contribution >= 0.6 is 11.6 Å². The van der Waals surface area contributed by atoms with E-state index in [0.29, 0.717) is 16.9 Å². The number of nitrogens with zero attached hydrogens (tertiary/aromatic N) is 3. The van der Waals surface area contributed by atoms with Crippen LogP contribution in [0.4, 0.5) is 17.1 Å². The number of fused-ring (bicyclic) bond motifs is 1. The maximum absolute atomic E-state index is 13.6. The molecule has 9 heteroatoms. The maximum Gasteiger partial charge on any atom is 0.288 e. The molecule has 3 atom stereocenters. The molecule has 0 radical (unpaired) electrons. The molecule has 8 nitrogen and oxygen atoms in total. The van der Waals surface area contributed by atoms with Crippen molar-refractivity contribution in [3.63, 3.8) is 0 Å². The van der Waals surface area contributed by atoms with E-state index in [1.165, 1.54) is 17.2 Å². The third-order valence-electron chi connectivity index (χ3n) is 5.93. The second kappa shape index (κ2) is 7.99. The number of benzene rings is 3. The Hall–Kier alpha value is -3.75. The number of aryl methyl sites for hydroxylation is 1. The van der Waals surface area contributed by atoms with Gasteiger partial charge in [0.25, 0.3) is 11.6 Å². The van der Waals surface area contributed by atoms with E-state index in [-0.39, 0.29) is 10.7 Å². The predicted molar refractivity (Wildman–Crippen MR) is 122 cm³/mol. The molecule has 2 saturated heterocycles. The SMILES string of the molecule is Cc1ccc(N2C(=O)[C@@H]3[C@@H](ON(c4ccccc4)[C@H]3c3ccc(Cl)c([N+](=O)[O-])c3)C2=O)cc1. The smallest absolute Gasteiger partial charge is 0.273 e. The number of carbonyl (C=O) groups is 2. The number of para-hydroxylation sites is 1. The van der Waals surface area contributed by atoms with Crippen LogP contribution in [0.5, 0.6) is 0 Å². The van der Waals surface area contributed by atoms with Gasteiger partial charge in [0.15, 0.2) is 6.10 Å². The van der Waals surface area contributed by atoms with Gasteiger partial charge in [-0.05, 0) is 42.8 Å². The molecule has 3 aromatic carbocycles. The number of amides is 2. The van der Waals surface area contributed by atoms with E-state index in [2.05, 4.69) is 0 Å². The minimum absolute atomic E-state index is 0.0133. The number of anilines is 2. The molecule has 0 N–H and O–H groups in total. The van der Waals surface area contributed by atoms with Crippen LogP contribution in [-0.4, -0.2) is 22.8 Å². The molecule has 0 aromatic heterocycles. The number of nitro groups is 1. The van der Waals surface area contributed by atoms with Gasteiger partial charge in [-0.25, -0.2) is 9.96 Å². The van der Waals surface area contributed by atoms with Crippen molar-refractivity contribution in [2.45, 2.75) is 19.1 Å². The number of rotatable bonds is 4. The number of imide groups is 1. The van der Waals surface area contributed by atoms with Gasteiger partial charge in [0.2, 0.25) is 5.91 Å². The minimum Gasteiger partial charge on any atom is -0.273 e. The van der Waals surface area contributed by atoms with E-state index in [4.69, 9.17) is 16.4 Å². The van der Waals surface area contributed by atoms with Crippen LogP contribution in [0.25, 0.3) is 0 Å². The molecule has 166 valence electrons. The van der Waals surface area contributed by atoms with Gasteiger partial charge >= 0.3 is 0 Å². The lowest BCUT2D eigenvalue weighted by Crippen LogP contribution is -2.37. The fraction of sp³-hybridized carbons (Fsp3) is 0.167. The summed E-state index contributed by atoms with van der Waals surface area (Å²) in [7, 11) is 0. The molecule has 0 saturated carbocycles. The lowest BCUT2D eigenvalue weighted by Gasteiger charge is -2.28. The number of nitro benzene ring substituents is 1. The quantitative estimate of drug-likeness (QED) is 0.319. The molecule has 2 amide bonds. The number of hydrogen-bond donors (Lipinski definition) is 0. The van der Waals surface area contributed by atoms with Crippen LogP contribution < -0.4 is 9.96 Å². The van der Waals surface area contributed by atoms with Crippen molar-refractivity contribution in [3.05, 3.63) is 99.1 Å². The summed E-state index contributed by atoms with van der Waals surface area (Å²) in [5, 5.41) is 13.0. The molecular formula is C24H18ClN3O5. The second-order valence-corrected chi connectivity index (χ2v) is 8.38. The van der Waals surface area contributed by atoms with Gasteiger partial charge in [-0.3, -0.25) is 24.5 Å². The Kier molecular flexibility index (Phi) is 5.11. The third-order valence-corrected chi connectivity index (χ3v) is 6.25. The summed E-state index contributed by atoms with van der Waals surface area (Å²) in [4.78, 5) is 45.0. The summed E-state index contributed by atoms with van der Waals surface area (Å²) >= 11 is 6.01. The molecule has 0 unspecified atom stereocenters. The van der Waals surface area contributed by atoms with E-state index in [1.807, 2.05) is 25.1 Å². The molecule has 0 spiro atoms. The molecule has 2 heterocycles. The third kappa shape index (κ3) is 3.44. The standard InChI is InChI=1S/C24H18ClN3O5/c1-14-7-10-16(11-8-14)26-23(29)20-21(15-9-12-18(25)19(13-15)28(31)32)27(33-22(20)24(26)30)17-5-3-2-4-6-17/h2-13,20-22H,1H3/t20-,21-,22+/m0/s1. The van der Waals surface area contributed by atoms with Crippen molar-refractivity contribution in [2.75, 3.05) is 9.96 Å². The Balaban J connectivity index is 1.61. The summed E-state index contributed by atoms with van der Waals surface area (Å²) < 4.78 is 0. The normalized spacial score (nSPS) is 22.1. The first-order valence-electron chi connectivity index (χ1n) is 10.3. The van der Waals surface area contributed by atoms with Crippen molar-refractivity contribution < 1.29 is 19.3 Å². The minimum atomic E-state index is -1.06. The molecule has 2 aliphatic rings. The molecule has 3 aromatic rings. The zero-order chi connectivity index (χ0) is 23.3. The van der Waals surface area contributed by atoms with Crippen LogP contribution in [-0.2, 0) is 14.4 Å². The van der Waals surface area contributed by atoms with E-state index in [0.717, 1.165) is 10.5 Å². The zero-order valence-electron chi connectivity index (χ0n) is 17.4. The van der Waals surface area contributed by atoms with Gasteiger partial charge in [0, 0.05) is 6.07 Å². The van der Waals surface area contributed by atoms with Crippen LogP contribution in [0.1, 0.15) is 17.2 Å². The van der Waals surface area contributed by atoms with E-state index < -0.39 is 34.8 Å². The highest BCUT2D eigenvalue weighted by Gasteiger charge is 2.60. The zero-order valence-corrected chi connectivity index (χ0v) is 18.2. The average Bonchev–Trinajstić information content (AvgIpc) is 3.31. The monoisotopic (exact) mass is 463 g/mol. The van der Waals surface area contributed by atoms with Crippen LogP contribution in [0, 0.1) is 23.0 Å². The number of halogens is 1. The molecular weight excluding hydrogens is 446 g/mol. The maximum atomic E-state index is 13.6. The largest absolute Gasteiger partial charge is 0.288 e. The van der Waals surface area contributed by atoms with Gasteiger partial charge in [-0.1, -0.05) is 53.6 Å². The molecule has 33 heavy (non-hydrogen) atoms. The molecule has 2 fully saturated rings. The van der Waals surface area contributed by atoms with E-state index >= 15 is 0 Å². The first kappa shape index (κ1) is 21.1. The molecule has 5 rings (SSSR count). The Morgan fingerprint density at radius 3 is 2.30 bits per heavy atom. The van der Waals surface area contributed by atoms with Gasteiger partial charge in [-0.2, -0.15) is 0 Å². The fourth-order valence-corrected chi connectivity index (χ4v) is 4.54. The van der Waals surface area contributed by atoms with Crippen molar-refractivity contribution in [1.29, 1.82) is 0 Å². The lowest BCUT2D eigenvalue weighted by atomic mass is 9.90.